The first kappa shape index (κ1) is 44.2. The molecule has 0 aliphatic heterocycles. The minimum Gasteiger partial charge on any atom is -0.462 e. The van der Waals surface area contributed by atoms with Crippen molar-refractivity contribution in [3.63, 3.8) is 0 Å². The maximum Gasteiger partial charge on any atom is 0.472 e. The summed E-state index contributed by atoms with van der Waals surface area (Å²) in [5, 5.41) is 31.4. The number of esters is 2. The molecule has 1 aliphatic carbocycles. The van der Waals surface area contributed by atoms with Gasteiger partial charge in [0.25, 0.3) is 0 Å². The van der Waals surface area contributed by atoms with Crippen LogP contribution in [0.3, 0.4) is 0 Å². The number of rotatable bonds is 24. The highest BCUT2D eigenvalue weighted by molar-refractivity contribution is 7.47. The highest BCUT2D eigenvalue weighted by Crippen LogP contribution is 2.51. The van der Waals surface area contributed by atoms with Crippen LogP contribution in [-0.2, 0) is 50.9 Å². The van der Waals surface area contributed by atoms with E-state index >= 15 is 0 Å². The number of phosphoric acid groups is 3. The average Bonchev–Trinajstić information content (AvgIpc) is 2.96. The Balaban J connectivity index is 2.98. The van der Waals surface area contributed by atoms with Crippen LogP contribution in [0.5, 0.6) is 0 Å². The molecule has 47 heavy (non-hydrogen) atoms. The molecule has 0 aromatic heterocycles. The molecular weight excluding hydrogens is 697 g/mol. The molecule has 1 saturated carbocycles. The number of carbonyl (C=O) groups is 2. The molecule has 0 spiro atoms. The Hall–Kier alpha value is -0.850. The van der Waals surface area contributed by atoms with Gasteiger partial charge >= 0.3 is 35.4 Å². The van der Waals surface area contributed by atoms with Gasteiger partial charge < -0.3 is 49.3 Å². The second-order valence-corrected chi connectivity index (χ2v) is 14.8. The molecule has 0 amide bonds. The van der Waals surface area contributed by atoms with Crippen LogP contribution >= 0.6 is 23.5 Å². The molecule has 22 heteroatoms. The summed E-state index contributed by atoms with van der Waals surface area (Å²) in [6, 6.07) is 0. The van der Waals surface area contributed by atoms with Crippen molar-refractivity contribution in [2.75, 3.05) is 13.2 Å². The van der Waals surface area contributed by atoms with Gasteiger partial charge in [0.15, 0.2) is 6.10 Å². The van der Waals surface area contributed by atoms with E-state index in [0.717, 1.165) is 51.4 Å². The molecule has 1 fully saturated rings. The standard InChI is InChI=1S/C25H49O19P3/c1-3-5-7-9-11-13-18(26)39-15-17(41-19(27)14-12-10-8-6-4-2)16-40-47(37,38)44-23-20(28)21(29)24(42-45(31,32)33)25(22(23)30)43-46(34,35)36/h17,20-25,28-30H,3-16H2,1-2H3,(H,37,38)(H2,31,32,33)(H2,34,35,36)/t17?,20-,21+,22+,23-,24-,25-/m1/s1. The molecule has 0 aromatic carbocycles. The van der Waals surface area contributed by atoms with Gasteiger partial charge in [-0.25, -0.2) is 13.7 Å². The van der Waals surface area contributed by atoms with Crippen molar-refractivity contribution >= 4 is 35.4 Å². The monoisotopic (exact) mass is 746 g/mol. The number of unbranched alkanes of at least 4 members (excludes halogenated alkanes) is 8. The van der Waals surface area contributed by atoms with Gasteiger partial charge in [0, 0.05) is 12.8 Å². The molecule has 8 atom stereocenters. The summed E-state index contributed by atoms with van der Waals surface area (Å²) < 4.78 is 64.2. The zero-order valence-corrected chi connectivity index (χ0v) is 29.0. The average molecular weight is 747 g/mol. The lowest BCUT2D eigenvalue weighted by Crippen LogP contribution is -2.65. The number of hydrogen-bond donors (Lipinski definition) is 8. The Labute approximate surface area is 272 Å². The van der Waals surface area contributed by atoms with Gasteiger partial charge in [-0.3, -0.25) is 27.7 Å². The van der Waals surface area contributed by atoms with Crippen molar-refractivity contribution in [1.82, 2.24) is 0 Å². The molecular formula is C25H49O19P3. The van der Waals surface area contributed by atoms with Gasteiger partial charge in [-0.2, -0.15) is 0 Å². The zero-order chi connectivity index (χ0) is 35.8. The normalized spacial score (nSPS) is 25.6. The Morgan fingerprint density at radius 1 is 0.596 bits per heavy atom. The minimum absolute atomic E-state index is 0.00394. The van der Waals surface area contributed by atoms with E-state index in [1.54, 1.807) is 0 Å². The number of carbonyl (C=O) groups excluding carboxylic acids is 2. The summed E-state index contributed by atoms with van der Waals surface area (Å²) in [5.41, 5.74) is 0. The highest BCUT2D eigenvalue weighted by Gasteiger charge is 2.56. The van der Waals surface area contributed by atoms with Crippen LogP contribution in [0.2, 0.25) is 0 Å². The Morgan fingerprint density at radius 3 is 1.53 bits per heavy atom. The maximum absolute atomic E-state index is 12.8. The number of aliphatic hydroxyl groups is 3. The number of phosphoric ester groups is 3. The second-order valence-electron chi connectivity index (χ2n) is 11.1. The fraction of sp³-hybridized carbons (Fsp3) is 0.920. The van der Waals surface area contributed by atoms with E-state index < -0.39 is 91.3 Å². The first-order valence-corrected chi connectivity index (χ1v) is 19.9. The van der Waals surface area contributed by atoms with Crippen molar-refractivity contribution in [1.29, 1.82) is 0 Å². The second kappa shape index (κ2) is 21.4. The predicted octanol–water partition coefficient (Wildman–Crippen LogP) is 1.72. The van der Waals surface area contributed by atoms with Crippen molar-refractivity contribution in [3.05, 3.63) is 0 Å². The minimum atomic E-state index is -5.57. The van der Waals surface area contributed by atoms with Gasteiger partial charge in [0.05, 0.1) is 6.61 Å². The quantitative estimate of drug-likeness (QED) is 0.0396. The van der Waals surface area contributed by atoms with Gasteiger partial charge in [-0.15, -0.1) is 0 Å². The molecule has 8 N–H and O–H groups in total. The third-order valence-electron chi connectivity index (χ3n) is 6.91. The van der Waals surface area contributed by atoms with Crippen molar-refractivity contribution in [3.8, 4) is 0 Å². The maximum atomic E-state index is 12.8. The van der Waals surface area contributed by atoms with E-state index in [1.807, 2.05) is 13.8 Å². The lowest BCUT2D eigenvalue weighted by Gasteiger charge is -2.44. The van der Waals surface area contributed by atoms with E-state index in [4.69, 9.17) is 28.3 Å². The molecule has 0 radical (unpaired) electrons. The van der Waals surface area contributed by atoms with Crippen LogP contribution in [0.15, 0.2) is 0 Å². The largest absolute Gasteiger partial charge is 0.472 e. The third kappa shape index (κ3) is 18.6. The molecule has 0 bridgehead atoms. The predicted molar refractivity (Wildman–Crippen MR) is 160 cm³/mol. The van der Waals surface area contributed by atoms with Crippen LogP contribution in [0.1, 0.15) is 90.9 Å². The lowest BCUT2D eigenvalue weighted by atomic mass is 9.85. The third-order valence-corrected chi connectivity index (χ3v) is 8.94. The van der Waals surface area contributed by atoms with Crippen LogP contribution < -0.4 is 0 Å². The molecule has 0 aromatic rings. The van der Waals surface area contributed by atoms with E-state index in [0.29, 0.717) is 12.8 Å². The van der Waals surface area contributed by atoms with Gasteiger partial charge in [-0.1, -0.05) is 65.2 Å². The SMILES string of the molecule is CCCCCCCC(=O)OCC(COP(=O)(O)O[C@@H]1[C@H](O)[C@H](O)[C@@H](OP(=O)(O)O)[C@H](OP(=O)(O)O)[C@H]1O)OC(=O)CCCCCCC. The first-order chi connectivity index (χ1) is 21.8. The van der Waals surface area contributed by atoms with Crippen LogP contribution in [0.4, 0.5) is 0 Å². The fourth-order valence-corrected chi connectivity index (χ4v) is 6.68. The number of hydrogen-bond acceptors (Lipinski definition) is 14. The topological polar surface area (TPSA) is 303 Å². The zero-order valence-electron chi connectivity index (χ0n) is 26.4. The molecule has 19 nitrogen and oxygen atoms in total. The summed E-state index contributed by atoms with van der Waals surface area (Å²) in [6.45, 7) is 2.59. The highest BCUT2D eigenvalue weighted by atomic mass is 31.2. The molecule has 278 valence electrons. The van der Waals surface area contributed by atoms with Crippen LogP contribution in [-0.4, -0.2) is 108 Å². The van der Waals surface area contributed by atoms with Crippen molar-refractivity contribution in [2.24, 2.45) is 0 Å². The van der Waals surface area contributed by atoms with Crippen LogP contribution in [0, 0.1) is 0 Å². The number of aliphatic hydroxyl groups excluding tert-OH is 3. The van der Waals surface area contributed by atoms with E-state index in [1.165, 1.54) is 0 Å². The summed E-state index contributed by atoms with van der Waals surface area (Å²) in [6.07, 6.45) is -7.79. The summed E-state index contributed by atoms with van der Waals surface area (Å²) >= 11 is 0. The smallest absolute Gasteiger partial charge is 0.462 e. The lowest BCUT2D eigenvalue weighted by molar-refractivity contribution is -0.213. The van der Waals surface area contributed by atoms with Gasteiger partial charge in [0.2, 0.25) is 0 Å². The molecule has 0 heterocycles. The summed E-state index contributed by atoms with van der Waals surface area (Å²) in [4.78, 5) is 71.6. The molecule has 2 unspecified atom stereocenters. The Morgan fingerprint density at radius 2 is 1.04 bits per heavy atom. The first-order valence-electron chi connectivity index (χ1n) is 15.3. The van der Waals surface area contributed by atoms with Crippen molar-refractivity contribution < 1.29 is 90.6 Å². The molecule has 0 saturated heterocycles. The van der Waals surface area contributed by atoms with Gasteiger partial charge in [0.1, 0.15) is 43.2 Å². The summed E-state index contributed by atoms with van der Waals surface area (Å²) in [7, 11) is -16.5. The number of ether oxygens (including phenoxy) is 2. The van der Waals surface area contributed by atoms with E-state index in [9.17, 15) is 53.3 Å². The molecule has 1 rings (SSSR count). The molecule has 1 aliphatic rings. The van der Waals surface area contributed by atoms with Crippen molar-refractivity contribution in [2.45, 2.75) is 134 Å². The summed E-state index contributed by atoms with van der Waals surface area (Å²) in [5.74, 6) is -1.33. The van der Waals surface area contributed by atoms with Gasteiger partial charge in [-0.05, 0) is 12.8 Å². The Bertz CT molecular complexity index is 1080. The van der Waals surface area contributed by atoms with Crippen LogP contribution in [0.25, 0.3) is 0 Å². The fourth-order valence-electron chi connectivity index (χ4n) is 4.58. The Kier molecular flexibility index (Phi) is 20.1. The van der Waals surface area contributed by atoms with E-state index in [2.05, 4.69) is 9.05 Å². The van der Waals surface area contributed by atoms with E-state index in [-0.39, 0.29) is 12.8 Å².